The average Bonchev–Trinajstić information content (AvgIpc) is 3.36. The Morgan fingerprint density at radius 1 is 0.800 bits per heavy atom. The summed E-state index contributed by atoms with van der Waals surface area (Å²) in [7, 11) is 1.83. The Morgan fingerprint density at radius 3 is 1.83 bits per heavy atom. The maximum Gasteiger partial charge on any atom is 0.141 e. The molecule has 0 fully saturated rings. The first-order chi connectivity index (χ1) is 15.7. The number of aryl methyl sites for hydroxylation is 4. The van der Waals surface area contributed by atoms with Crippen LogP contribution in [0.1, 0.15) is 31.2 Å². The third-order valence-electron chi connectivity index (χ3n) is 3.82. The standard InChI is InChI=1S/C8H7NS.C6H6ClN.C6H6FN.C4H5ClN2.2CH4/c1-6-9-7-4-2-3-5-8(7)10-6;2*1-5-2-3-6(7)4-8-5;1-7-3-4(5)2-6-7;;/h2-5H,1H3;2*2-4H,1H3;2-3H,1H3;2*1H4. The summed E-state index contributed by atoms with van der Waals surface area (Å²) in [5, 5.41) is 6.31. The Hall–Kier alpha value is -2.87. The molecule has 5 aromatic rings. The van der Waals surface area contributed by atoms with E-state index in [1.807, 2.05) is 58.2 Å². The molecule has 4 heterocycles. The molecule has 0 amide bonds. The topological polar surface area (TPSA) is 56.5 Å². The first kappa shape index (κ1) is 32.1. The van der Waals surface area contributed by atoms with Crippen LogP contribution in [0.2, 0.25) is 10.0 Å². The van der Waals surface area contributed by atoms with Gasteiger partial charge >= 0.3 is 0 Å². The minimum Gasteiger partial charge on any atom is -0.274 e. The van der Waals surface area contributed by atoms with Crippen molar-refractivity contribution in [1.82, 2.24) is 24.7 Å². The number of halogens is 3. The molecule has 0 aliphatic carbocycles. The zero-order valence-corrected chi connectivity index (χ0v) is 21.0. The van der Waals surface area contributed by atoms with E-state index in [2.05, 4.69) is 26.1 Å². The maximum atomic E-state index is 12.0. The Balaban J connectivity index is 0.000000436. The largest absolute Gasteiger partial charge is 0.274 e. The second kappa shape index (κ2) is 16.7. The highest BCUT2D eigenvalue weighted by atomic mass is 35.5. The highest BCUT2D eigenvalue weighted by molar-refractivity contribution is 7.18. The quantitative estimate of drug-likeness (QED) is 0.199. The molecule has 0 spiro atoms. The molecular formula is C26H32Cl2FN5S. The second-order valence-electron chi connectivity index (χ2n) is 6.77. The number of thiazole rings is 1. The summed E-state index contributed by atoms with van der Waals surface area (Å²) >= 11 is 12.8. The fraction of sp³-hybridized carbons (Fsp3) is 0.231. The fourth-order valence-corrected chi connectivity index (χ4v) is 3.40. The molecule has 0 atom stereocenters. The summed E-state index contributed by atoms with van der Waals surface area (Å²) in [4.78, 5) is 12.0. The van der Waals surface area contributed by atoms with Gasteiger partial charge in [0.2, 0.25) is 0 Å². The molecule has 5 rings (SSSR count). The first-order valence-electron chi connectivity index (χ1n) is 9.85. The number of rotatable bonds is 0. The molecular weight excluding hydrogens is 504 g/mol. The molecule has 0 unspecified atom stereocenters. The van der Waals surface area contributed by atoms with Gasteiger partial charge in [-0.15, -0.1) is 11.3 Å². The van der Waals surface area contributed by atoms with Crippen molar-refractivity contribution < 1.29 is 4.39 Å². The van der Waals surface area contributed by atoms with Gasteiger partial charge in [0.05, 0.1) is 37.7 Å². The van der Waals surface area contributed by atoms with Crippen LogP contribution in [0.5, 0.6) is 0 Å². The predicted molar refractivity (Wildman–Crippen MR) is 149 cm³/mol. The number of hydrogen-bond donors (Lipinski definition) is 0. The Morgan fingerprint density at radius 2 is 1.43 bits per heavy atom. The first-order valence-corrected chi connectivity index (χ1v) is 11.4. The number of fused-ring (bicyclic) bond motifs is 1. The zero-order chi connectivity index (χ0) is 24.2. The van der Waals surface area contributed by atoms with Crippen LogP contribution in [0, 0.1) is 26.6 Å². The highest BCUT2D eigenvalue weighted by Crippen LogP contribution is 2.19. The van der Waals surface area contributed by atoms with Crippen molar-refractivity contribution in [2.45, 2.75) is 35.6 Å². The number of nitrogens with zero attached hydrogens (tertiary/aromatic N) is 5. The minimum absolute atomic E-state index is 0. The third-order valence-corrected chi connectivity index (χ3v) is 5.20. The summed E-state index contributed by atoms with van der Waals surface area (Å²) in [5.41, 5.74) is 2.95. The summed E-state index contributed by atoms with van der Waals surface area (Å²) in [6, 6.07) is 14.9. The van der Waals surface area contributed by atoms with Crippen molar-refractivity contribution in [3.63, 3.8) is 0 Å². The summed E-state index contributed by atoms with van der Waals surface area (Å²) in [6.45, 7) is 5.78. The summed E-state index contributed by atoms with van der Waals surface area (Å²) in [6.07, 6.45) is 6.18. The van der Waals surface area contributed by atoms with Crippen LogP contribution >= 0.6 is 34.5 Å². The van der Waals surface area contributed by atoms with Gasteiger partial charge in [-0.05, 0) is 57.2 Å². The van der Waals surface area contributed by atoms with Crippen LogP contribution in [0.15, 0.2) is 73.3 Å². The number of aromatic nitrogens is 5. The van der Waals surface area contributed by atoms with Gasteiger partial charge in [0.15, 0.2) is 0 Å². The van der Waals surface area contributed by atoms with Gasteiger partial charge in [0.25, 0.3) is 0 Å². The maximum absolute atomic E-state index is 12.0. The van der Waals surface area contributed by atoms with E-state index in [9.17, 15) is 4.39 Å². The van der Waals surface area contributed by atoms with Crippen LogP contribution in [-0.2, 0) is 7.05 Å². The molecule has 0 N–H and O–H groups in total. The van der Waals surface area contributed by atoms with Crippen LogP contribution in [0.25, 0.3) is 10.2 Å². The molecule has 1 aromatic carbocycles. The smallest absolute Gasteiger partial charge is 0.141 e. The molecule has 9 heteroatoms. The zero-order valence-electron chi connectivity index (χ0n) is 18.7. The van der Waals surface area contributed by atoms with Gasteiger partial charge in [-0.1, -0.05) is 50.2 Å². The summed E-state index contributed by atoms with van der Waals surface area (Å²) in [5.74, 6) is -0.282. The van der Waals surface area contributed by atoms with Crippen molar-refractivity contribution in [2.24, 2.45) is 7.05 Å². The van der Waals surface area contributed by atoms with Gasteiger partial charge in [0.1, 0.15) is 5.82 Å². The third kappa shape index (κ3) is 13.0. The van der Waals surface area contributed by atoms with Crippen LogP contribution in [0.3, 0.4) is 0 Å². The predicted octanol–water partition coefficient (Wildman–Crippen LogP) is 8.52. The molecule has 0 aliphatic rings. The minimum atomic E-state index is -0.282. The van der Waals surface area contributed by atoms with Gasteiger partial charge in [-0.2, -0.15) is 5.10 Å². The van der Waals surface area contributed by atoms with Crippen LogP contribution in [-0.4, -0.2) is 24.7 Å². The van der Waals surface area contributed by atoms with E-state index in [1.54, 1.807) is 40.7 Å². The van der Waals surface area contributed by atoms with E-state index >= 15 is 0 Å². The van der Waals surface area contributed by atoms with Crippen molar-refractivity contribution in [3.05, 3.63) is 106 Å². The highest BCUT2D eigenvalue weighted by Gasteiger charge is 1.95. The Bertz CT molecular complexity index is 1100. The van der Waals surface area contributed by atoms with E-state index in [0.717, 1.165) is 21.9 Å². The van der Waals surface area contributed by atoms with E-state index in [4.69, 9.17) is 23.2 Å². The van der Waals surface area contributed by atoms with Gasteiger partial charge in [-0.25, -0.2) is 9.37 Å². The number of para-hydroxylation sites is 1. The second-order valence-corrected chi connectivity index (χ2v) is 8.88. The molecule has 0 aliphatic heterocycles. The molecule has 5 nitrogen and oxygen atoms in total. The van der Waals surface area contributed by atoms with E-state index in [0.29, 0.717) is 10.0 Å². The molecule has 0 bridgehead atoms. The monoisotopic (exact) mass is 535 g/mol. The van der Waals surface area contributed by atoms with Crippen molar-refractivity contribution in [2.75, 3.05) is 0 Å². The van der Waals surface area contributed by atoms with Crippen molar-refractivity contribution in [3.8, 4) is 0 Å². The number of hydrogen-bond acceptors (Lipinski definition) is 5. The molecule has 4 aromatic heterocycles. The Labute approximate surface area is 221 Å². The fourth-order valence-electron chi connectivity index (χ4n) is 2.28. The number of benzene rings is 1. The SMILES string of the molecule is C.C.Cc1ccc(Cl)cn1.Cc1ccc(F)cn1.Cc1nc2ccccc2s1.Cn1cc(Cl)cn1. The van der Waals surface area contributed by atoms with Crippen LogP contribution < -0.4 is 0 Å². The molecule has 0 saturated heterocycles. The lowest BCUT2D eigenvalue weighted by Gasteiger charge is -1.87. The van der Waals surface area contributed by atoms with Crippen molar-refractivity contribution in [1.29, 1.82) is 0 Å². The number of pyridine rings is 2. The van der Waals surface area contributed by atoms with Crippen LogP contribution in [0.4, 0.5) is 4.39 Å². The van der Waals surface area contributed by atoms with Crippen molar-refractivity contribution >= 4 is 44.8 Å². The normalized spacial score (nSPS) is 9.11. The molecule has 0 saturated carbocycles. The molecule has 35 heavy (non-hydrogen) atoms. The van der Waals surface area contributed by atoms with Gasteiger partial charge in [-0.3, -0.25) is 14.6 Å². The van der Waals surface area contributed by atoms with E-state index < -0.39 is 0 Å². The Kier molecular flexibility index (Phi) is 15.3. The van der Waals surface area contributed by atoms with E-state index in [1.165, 1.54) is 17.0 Å². The van der Waals surface area contributed by atoms with E-state index in [-0.39, 0.29) is 20.7 Å². The lowest BCUT2D eigenvalue weighted by Crippen LogP contribution is -1.83. The summed E-state index contributed by atoms with van der Waals surface area (Å²) < 4.78 is 15.0. The lowest BCUT2D eigenvalue weighted by molar-refractivity contribution is 0.620. The lowest BCUT2D eigenvalue weighted by atomic mass is 10.3. The molecule has 0 radical (unpaired) electrons. The van der Waals surface area contributed by atoms with Gasteiger partial charge in [0, 0.05) is 30.8 Å². The molecule has 188 valence electrons. The van der Waals surface area contributed by atoms with Gasteiger partial charge < -0.3 is 0 Å². The average molecular weight is 537 g/mol.